The molecule has 43 heavy (non-hydrogen) atoms. The third kappa shape index (κ3) is 4.63. The maximum atomic E-state index is 5.11. The highest BCUT2D eigenvalue weighted by molar-refractivity contribution is 6.20. The van der Waals surface area contributed by atoms with E-state index in [4.69, 9.17) is 9.98 Å². The number of amidine groups is 2. The molecule has 0 saturated carbocycles. The van der Waals surface area contributed by atoms with Crippen LogP contribution in [0.4, 0.5) is 0 Å². The van der Waals surface area contributed by atoms with Gasteiger partial charge < -0.3 is 5.32 Å². The summed E-state index contributed by atoms with van der Waals surface area (Å²) in [4.78, 5) is 14.8. The average molecular weight is 553 g/mol. The molecule has 4 nitrogen and oxygen atoms in total. The Morgan fingerprint density at radius 2 is 1.33 bits per heavy atom. The van der Waals surface area contributed by atoms with Crippen molar-refractivity contribution < 1.29 is 0 Å². The minimum atomic E-state index is -0.249. The Labute approximate surface area is 250 Å². The largest absolute Gasteiger partial charge is 0.344 e. The van der Waals surface area contributed by atoms with Crippen LogP contribution in [-0.4, -0.2) is 23.9 Å². The number of aliphatic imine (C=N–C) groups is 3. The summed E-state index contributed by atoms with van der Waals surface area (Å²) in [6.45, 7) is 0. The minimum Gasteiger partial charge on any atom is -0.344 e. The highest BCUT2D eigenvalue weighted by atomic mass is 15.2. The molecule has 1 aliphatic carbocycles. The van der Waals surface area contributed by atoms with Crippen molar-refractivity contribution in [3.8, 4) is 11.1 Å². The molecule has 1 N–H and O–H groups in total. The Balaban J connectivity index is 1.24. The van der Waals surface area contributed by atoms with Crippen molar-refractivity contribution in [1.29, 1.82) is 0 Å². The van der Waals surface area contributed by atoms with Crippen LogP contribution in [0.2, 0.25) is 0 Å². The lowest BCUT2D eigenvalue weighted by atomic mass is 9.91. The van der Waals surface area contributed by atoms with Gasteiger partial charge in [0.15, 0.2) is 5.84 Å². The molecule has 5 aromatic rings. The second-order valence-electron chi connectivity index (χ2n) is 10.9. The van der Waals surface area contributed by atoms with Crippen molar-refractivity contribution in [2.45, 2.75) is 12.2 Å². The third-order valence-corrected chi connectivity index (χ3v) is 8.23. The molecule has 2 aliphatic heterocycles. The van der Waals surface area contributed by atoms with E-state index in [1.165, 1.54) is 27.7 Å². The first kappa shape index (κ1) is 25.1. The van der Waals surface area contributed by atoms with E-state index >= 15 is 0 Å². The smallest absolute Gasteiger partial charge is 0.159 e. The van der Waals surface area contributed by atoms with Crippen LogP contribution in [-0.2, 0) is 0 Å². The van der Waals surface area contributed by atoms with Crippen LogP contribution in [0, 0.1) is 0 Å². The molecule has 0 spiro atoms. The second-order valence-corrected chi connectivity index (χ2v) is 10.9. The summed E-state index contributed by atoms with van der Waals surface area (Å²) in [7, 11) is 0. The Hall–Kier alpha value is -5.61. The summed E-state index contributed by atoms with van der Waals surface area (Å²) in [5.41, 5.74) is 9.09. The second kappa shape index (κ2) is 10.7. The summed E-state index contributed by atoms with van der Waals surface area (Å²) < 4.78 is 0. The first-order valence-electron chi connectivity index (χ1n) is 14.6. The highest BCUT2D eigenvalue weighted by Crippen LogP contribution is 2.35. The zero-order valence-electron chi connectivity index (χ0n) is 23.4. The Kier molecular flexibility index (Phi) is 6.23. The number of rotatable bonds is 5. The first-order valence-corrected chi connectivity index (χ1v) is 14.6. The fourth-order valence-electron chi connectivity index (χ4n) is 6.10. The molecule has 0 radical (unpaired) electrons. The zero-order chi connectivity index (χ0) is 28.6. The van der Waals surface area contributed by atoms with E-state index in [1.54, 1.807) is 0 Å². The average Bonchev–Trinajstić information content (AvgIpc) is 3.53. The van der Waals surface area contributed by atoms with Crippen molar-refractivity contribution in [3.63, 3.8) is 0 Å². The van der Waals surface area contributed by atoms with Crippen molar-refractivity contribution in [3.05, 3.63) is 173 Å². The SMILES string of the molecule is C1=CC2=C(c3ccc(-c4cccc5cccc(C6=NC(c7ccccc7)=NC(c7ccccc7)N6)c45)cc3)C=NC2C=C1. The Bertz CT molecular complexity index is 2020. The predicted molar refractivity (Wildman–Crippen MR) is 179 cm³/mol. The van der Waals surface area contributed by atoms with Crippen LogP contribution >= 0.6 is 0 Å². The van der Waals surface area contributed by atoms with Gasteiger partial charge >= 0.3 is 0 Å². The Morgan fingerprint density at radius 1 is 0.605 bits per heavy atom. The van der Waals surface area contributed by atoms with E-state index in [1.807, 2.05) is 30.5 Å². The molecule has 0 aromatic heterocycles. The molecule has 4 heteroatoms. The lowest BCUT2D eigenvalue weighted by Gasteiger charge is -2.25. The zero-order valence-corrected chi connectivity index (χ0v) is 23.4. The van der Waals surface area contributed by atoms with Gasteiger partial charge in [0.2, 0.25) is 0 Å². The van der Waals surface area contributed by atoms with Gasteiger partial charge in [0.1, 0.15) is 12.0 Å². The summed E-state index contributed by atoms with van der Waals surface area (Å²) in [5, 5.41) is 5.99. The third-order valence-electron chi connectivity index (χ3n) is 8.23. The topological polar surface area (TPSA) is 49.1 Å². The lowest BCUT2D eigenvalue weighted by Crippen LogP contribution is -2.33. The molecule has 0 saturated heterocycles. The van der Waals surface area contributed by atoms with E-state index in [9.17, 15) is 0 Å². The molecule has 0 amide bonds. The molecule has 2 unspecified atom stereocenters. The quantitative estimate of drug-likeness (QED) is 0.234. The number of nitrogens with zero attached hydrogens (tertiary/aromatic N) is 3. The van der Waals surface area contributed by atoms with Crippen LogP contribution in [0.3, 0.4) is 0 Å². The van der Waals surface area contributed by atoms with Gasteiger partial charge in [-0.2, -0.15) is 0 Å². The fourth-order valence-corrected chi connectivity index (χ4v) is 6.10. The summed E-state index contributed by atoms with van der Waals surface area (Å²) >= 11 is 0. The van der Waals surface area contributed by atoms with Crippen LogP contribution in [0.5, 0.6) is 0 Å². The van der Waals surface area contributed by atoms with Crippen molar-refractivity contribution in [2.24, 2.45) is 15.0 Å². The van der Waals surface area contributed by atoms with Gasteiger partial charge in [0.05, 0.1) is 6.04 Å². The highest BCUT2D eigenvalue weighted by Gasteiger charge is 2.23. The minimum absolute atomic E-state index is 0.132. The van der Waals surface area contributed by atoms with E-state index in [-0.39, 0.29) is 12.2 Å². The molecule has 5 aromatic carbocycles. The van der Waals surface area contributed by atoms with Gasteiger partial charge in [0, 0.05) is 28.3 Å². The summed E-state index contributed by atoms with van der Waals surface area (Å²) in [6.07, 6.45) is 10.2. The van der Waals surface area contributed by atoms with Gasteiger partial charge in [-0.1, -0.05) is 146 Å². The van der Waals surface area contributed by atoms with Gasteiger partial charge in [-0.3, -0.25) is 4.99 Å². The summed E-state index contributed by atoms with van der Waals surface area (Å²) in [5.74, 6) is 1.54. The van der Waals surface area contributed by atoms with Gasteiger partial charge in [-0.25, -0.2) is 9.98 Å². The van der Waals surface area contributed by atoms with Crippen molar-refractivity contribution >= 4 is 34.2 Å². The number of fused-ring (bicyclic) bond motifs is 2. The molecule has 0 bridgehead atoms. The molecule has 0 fully saturated rings. The molecule has 8 rings (SSSR count). The van der Waals surface area contributed by atoms with Crippen molar-refractivity contribution in [1.82, 2.24) is 5.32 Å². The normalized spacial score (nSPS) is 18.8. The maximum Gasteiger partial charge on any atom is 0.159 e. The van der Waals surface area contributed by atoms with Gasteiger partial charge in [-0.05, 0) is 33.2 Å². The summed E-state index contributed by atoms with van der Waals surface area (Å²) in [6, 6.07) is 42.5. The van der Waals surface area contributed by atoms with Gasteiger partial charge in [0.25, 0.3) is 0 Å². The number of benzene rings is 5. The van der Waals surface area contributed by atoms with E-state index < -0.39 is 0 Å². The molecular weight excluding hydrogens is 524 g/mol. The number of hydrogen-bond acceptors (Lipinski definition) is 4. The van der Waals surface area contributed by atoms with Crippen molar-refractivity contribution in [2.75, 3.05) is 0 Å². The number of allylic oxidation sites excluding steroid dienone is 3. The molecule has 3 aliphatic rings. The Morgan fingerprint density at radius 3 is 2.12 bits per heavy atom. The maximum absolute atomic E-state index is 5.11. The number of nitrogens with one attached hydrogen (secondary N) is 1. The first-order chi connectivity index (χ1) is 21.3. The van der Waals surface area contributed by atoms with Crippen LogP contribution in [0.15, 0.2) is 166 Å². The van der Waals surface area contributed by atoms with Gasteiger partial charge in [-0.15, -0.1) is 0 Å². The molecular formula is C39H28N4. The molecule has 2 atom stereocenters. The van der Waals surface area contributed by atoms with Crippen LogP contribution in [0.25, 0.3) is 27.5 Å². The lowest BCUT2D eigenvalue weighted by molar-refractivity contribution is 0.674. The standard InChI is InChI=1S/C39H28N4/c1-3-11-29(12-4-1)37-41-38(30-13-5-2-6-14-30)43-39(42-37)33-19-10-16-28-15-9-18-31(36(28)33)26-21-23-27(24-22-26)34-25-40-35-20-8-7-17-32(34)35/h1-25,35,37H,(H,41,42,43). The monoisotopic (exact) mass is 552 g/mol. The van der Waals surface area contributed by atoms with E-state index in [0.29, 0.717) is 0 Å². The fraction of sp³-hybridized carbons (Fsp3) is 0.0513. The number of hydrogen-bond donors (Lipinski definition) is 1. The van der Waals surface area contributed by atoms with Crippen LogP contribution in [0.1, 0.15) is 28.4 Å². The van der Waals surface area contributed by atoms with E-state index in [0.717, 1.165) is 39.3 Å². The molecule has 2 heterocycles. The predicted octanol–water partition coefficient (Wildman–Crippen LogP) is 8.33. The molecule has 204 valence electrons. The van der Waals surface area contributed by atoms with E-state index in [2.05, 4.69) is 132 Å². The van der Waals surface area contributed by atoms with Crippen LogP contribution < -0.4 is 5.32 Å².